The average Bonchev–Trinajstić information content (AvgIpc) is 2.62. The van der Waals surface area contributed by atoms with Crippen LogP contribution < -0.4 is 10.6 Å². The Morgan fingerprint density at radius 2 is 1.64 bits per heavy atom. The first kappa shape index (κ1) is 16.4. The van der Waals surface area contributed by atoms with E-state index in [2.05, 4.69) is 10.6 Å². The van der Waals surface area contributed by atoms with E-state index >= 15 is 0 Å². The molecule has 6 nitrogen and oxygen atoms in total. The highest BCUT2D eigenvalue weighted by Crippen LogP contribution is 2.30. The van der Waals surface area contributed by atoms with Gasteiger partial charge in [-0.15, -0.1) is 0 Å². The number of amides is 2. The number of rotatable bonds is 4. The molecule has 1 unspecified atom stereocenters. The van der Waals surface area contributed by atoms with Crippen LogP contribution in [0, 0.1) is 10.1 Å². The van der Waals surface area contributed by atoms with Gasteiger partial charge in [-0.3, -0.25) is 10.1 Å². The summed E-state index contributed by atoms with van der Waals surface area (Å²) in [6, 6.07) is 19.0. The highest BCUT2D eigenvalue weighted by molar-refractivity contribution is 6.04. The number of hydrogen-bond donors (Lipinski definition) is 2. The molecule has 3 aromatic rings. The first-order valence-corrected chi connectivity index (χ1v) is 7.85. The summed E-state index contributed by atoms with van der Waals surface area (Å²) >= 11 is 0. The van der Waals surface area contributed by atoms with Gasteiger partial charge in [-0.2, -0.15) is 0 Å². The Morgan fingerprint density at radius 1 is 0.960 bits per heavy atom. The molecule has 0 saturated heterocycles. The third-order valence-corrected chi connectivity index (χ3v) is 3.99. The molecular weight excluding hydrogens is 318 g/mol. The Bertz CT molecular complexity index is 926. The van der Waals surface area contributed by atoms with Crippen LogP contribution in [0.1, 0.15) is 18.5 Å². The summed E-state index contributed by atoms with van der Waals surface area (Å²) in [7, 11) is 0. The fourth-order valence-electron chi connectivity index (χ4n) is 2.74. The number of urea groups is 1. The van der Waals surface area contributed by atoms with E-state index in [9.17, 15) is 14.9 Å². The van der Waals surface area contributed by atoms with Gasteiger partial charge in [0, 0.05) is 11.5 Å². The minimum atomic E-state index is -0.427. The molecule has 2 amide bonds. The number of nitrogens with one attached hydrogen (secondary N) is 2. The summed E-state index contributed by atoms with van der Waals surface area (Å²) < 4.78 is 0. The lowest BCUT2D eigenvalue weighted by atomic mass is 10.1. The molecule has 1 atom stereocenters. The molecule has 0 radical (unpaired) electrons. The molecule has 0 bridgehead atoms. The number of nitrogens with zero attached hydrogens (tertiary/aromatic N) is 1. The zero-order chi connectivity index (χ0) is 17.8. The molecule has 0 fully saturated rings. The maximum absolute atomic E-state index is 12.3. The second-order valence-corrected chi connectivity index (χ2v) is 5.67. The number of nitro groups is 1. The zero-order valence-corrected chi connectivity index (χ0v) is 13.6. The highest BCUT2D eigenvalue weighted by Gasteiger charge is 2.15. The molecule has 3 rings (SSSR count). The van der Waals surface area contributed by atoms with Crippen molar-refractivity contribution in [2.45, 2.75) is 13.0 Å². The minimum absolute atomic E-state index is 0.0132. The Morgan fingerprint density at radius 3 is 2.36 bits per heavy atom. The molecule has 0 aliphatic rings. The van der Waals surface area contributed by atoms with Crippen molar-refractivity contribution in [2.24, 2.45) is 0 Å². The molecular formula is C19H17N3O3. The van der Waals surface area contributed by atoms with Crippen molar-refractivity contribution < 1.29 is 9.72 Å². The summed E-state index contributed by atoms with van der Waals surface area (Å²) in [5, 5.41) is 17.9. The molecule has 0 saturated carbocycles. The minimum Gasteiger partial charge on any atom is -0.331 e. The molecule has 0 spiro atoms. The summed E-state index contributed by atoms with van der Waals surface area (Å²) in [5.41, 5.74) is 1.53. The molecule has 126 valence electrons. The third-order valence-electron chi connectivity index (χ3n) is 3.99. The molecule has 6 heteroatoms. The van der Waals surface area contributed by atoms with Gasteiger partial charge in [0.25, 0.3) is 5.69 Å². The Balaban J connectivity index is 1.82. The molecule has 2 N–H and O–H groups in total. The molecule has 0 aromatic heterocycles. The van der Waals surface area contributed by atoms with Crippen LogP contribution in [-0.4, -0.2) is 11.0 Å². The van der Waals surface area contributed by atoms with Crippen LogP contribution >= 0.6 is 0 Å². The van der Waals surface area contributed by atoms with E-state index in [0.717, 1.165) is 5.56 Å². The van der Waals surface area contributed by atoms with Crippen LogP contribution in [0.3, 0.4) is 0 Å². The summed E-state index contributed by atoms with van der Waals surface area (Å²) in [4.78, 5) is 23.0. The maximum Gasteiger partial charge on any atom is 0.319 e. The van der Waals surface area contributed by atoms with Gasteiger partial charge >= 0.3 is 6.03 Å². The molecule has 0 aliphatic heterocycles. The standard InChI is InChI=1S/C19H17N3O3/c1-13(14-7-3-2-4-8-14)20-19(23)21-17-11-5-10-16-15(17)9-6-12-18(16)22(24)25/h2-13H,1H3,(H2,20,21,23). The number of benzene rings is 3. The monoisotopic (exact) mass is 335 g/mol. The van der Waals surface area contributed by atoms with Crippen LogP contribution in [0.5, 0.6) is 0 Å². The summed E-state index contributed by atoms with van der Waals surface area (Å²) in [5.74, 6) is 0. The van der Waals surface area contributed by atoms with Crippen molar-refractivity contribution in [3.63, 3.8) is 0 Å². The van der Waals surface area contributed by atoms with Crippen molar-refractivity contribution in [2.75, 3.05) is 5.32 Å². The number of non-ortho nitro benzene ring substituents is 1. The maximum atomic E-state index is 12.3. The predicted octanol–water partition coefficient (Wildman–Crippen LogP) is 4.63. The van der Waals surface area contributed by atoms with Crippen LogP contribution in [0.2, 0.25) is 0 Å². The van der Waals surface area contributed by atoms with Crippen LogP contribution in [-0.2, 0) is 0 Å². The van der Waals surface area contributed by atoms with Gasteiger partial charge in [0.2, 0.25) is 0 Å². The van der Waals surface area contributed by atoms with Gasteiger partial charge in [-0.05, 0) is 24.6 Å². The smallest absolute Gasteiger partial charge is 0.319 e. The Hall–Kier alpha value is -3.41. The van der Waals surface area contributed by atoms with Crippen LogP contribution in [0.4, 0.5) is 16.2 Å². The van der Waals surface area contributed by atoms with Crippen LogP contribution in [0.15, 0.2) is 66.7 Å². The van der Waals surface area contributed by atoms with Crippen molar-refractivity contribution >= 4 is 28.2 Å². The second kappa shape index (κ2) is 7.00. The number of hydrogen-bond acceptors (Lipinski definition) is 3. The lowest BCUT2D eigenvalue weighted by Gasteiger charge is -2.16. The van der Waals surface area contributed by atoms with Gasteiger partial charge in [-0.1, -0.05) is 48.5 Å². The fourth-order valence-corrected chi connectivity index (χ4v) is 2.74. The van der Waals surface area contributed by atoms with E-state index in [-0.39, 0.29) is 17.8 Å². The highest BCUT2D eigenvalue weighted by atomic mass is 16.6. The fraction of sp³-hybridized carbons (Fsp3) is 0.105. The number of fused-ring (bicyclic) bond motifs is 1. The van der Waals surface area contributed by atoms with E-state index < -0.39 is 4.92 Å². The van der Waals surface area contributed by atoms with E-state index in [0.29, 0.717) is 16.5 Å². The van der Waals surface area contributed by atoms with E-state index in [4.69, 9.17) is 0 Å². The van der Waals surface area contributed by atoms with E-state index in [1.807, 2.05) is 37.3 Å². The zero-order valence-electron chi connectivity index (χ0n) is 13.6. The second-order valence-electron chi connectivity index (χ2n) is 5.67. The van der Waals surface area contributed by atoms with Crippen molar-refractivity contribution in [1.29, 1.82) is 0 Å². The average molecular weight is 335 g/mol. The first-order chi connectivity index (χ1) is 12.1. The molecule has 0 aliphatic carbocycles. The first-order valence-electron chi connectivity index (χ1n) is 7.85. The Labute approximate surface area is 144 Å². The van der Waals surface area contributed by atoms with Gasteiger partial charge in [0.15, 0.2) is 0 Å². The quantitative estimate of drug-likeness (QED) is 0.538. The SMILES string of the molecule is CC(NC(=O)Nc1cccc2c([N+](=O)[O-])cccc12)c1ccccc1. The van der Waals surface area contributed by atoms with Gasteiger partial charge in [-0.25, -0.2) is 4.79 Å². The van der Waals surface area contributed by atoms with Gasteiger partial charge in [0.05, 0.1) is 22.0 Å². The number of nitro benzene ring substituents is 1. The summed E-state index contributed by atoms with van der Waals surface area (Å²) in [6.45, 7) is 1.89. The Kier molecular flexibility index (Phi) is 4.61. The van der Waals surface area contributed by atoms with Gasteiger partial charge in [0.1, 0.15) is 0 Å². The number of carbonyl (C=O) groups excluding carboxylic acids is 1. The molecule has 25 heavy (non-hydrogen) atoms. The van der Waals surface area contributed by atoms with E-state index in [1.165, 1.54) is 6.07 Å². The van der Waals surface area contributed by atoms with Crippen LogP contribution in [0.25, 0.3) is 10.8 Å². The molecule has 3 aromatic carbocycles. The third kappa shape index (κ3) is 3.58. The lowest BCUT2D eigenvalue weighted by molar-refractivity contribution is -0.383. The largest absolute Gasteiger partial charge is 0.331 e. The van der Waals surface area contributed by atoms with Crippen molar-refractivity contribution in [3.05, 3.63) is 82.4 Å². The normalized spacial score (nSPS) is 11.7. The number of carbonyl (C=O) groups is 1. The van der Waals surface area contributed by atoms with Crippen molar-refractivity contribution in [1.82, 2.24) is 5.32 Å². The topological polar surface area (TPSA) is 84.3 Å². The summed E-state index contributed by atoms with van der Waals surface area (Å²) in [6.07, 6.45) is 0. The predicted molar refractivity (Wildman–Crippen MR) is 97.6 cm³/mol. The van der Waals surface area contributed by atoms with Crippen molar-refractivity contribution in [3.8, 4) is 0 Å². The molecule has 0 heterocycles. The van der Waals surface area contributed by atoms with Gasteiger partial charge < -0.3 is 10.6 Å². The van der Waals surface area contributed by atoms with E-state index in [1.54, 1.807) is 30.3 Å². The lowest BCUT2D eigenvalue weighted by Crippen LogP contribution is -2.31. The number of anilines is 1.